The Hall–Kier alpha value is -1.59. The Morgan fingerprint density at radius 1 is 1.50 bits per heavy atom. The molecule has 2 unspecified atom stereocenters. The highest BCUT2D eigenvalue weighted by Crippen LogP contribution is 2.19. The molecule has 0 saturated carbocycles. The second-order valence-electron chi connectivity index (χ2n) is 6.09. The summed E-state index contributed by atoms with van der Waals surface area (Å²) in [4.78, 5) is 14.3. The van der Waals surface area contributed by atoms with Crippen LogP contribution < -0.4 is 15.8 Å². The molecule has 1 aromatic carbocycles. The quantitative estimate of drug-likeness (QED) is 0.833. The Morgan fingerprint density at radius 2 is 2.27 bits per heavy atom. The van der Waals surface area contributed by atoms with E-state index in [2.05, 4.69) is 17.1 Å². The molecule has 0 aromatic heterocycles. The molecule has 2 atom stereocenters. The third kappa shape index (κ3) is 4.71. The van der Waals surface area contributed by atoms with Crippen molar-refractivity contribution in [3.05, 3.63) is 29.8 Å². The monoisotopic (exact) mass is 305 g/mol. The second-order valence-corrected chi connectivity index (χ2v) is 6.09. The fourth-order valence-electron chi connectivity index (χ4n) is 2.97. The maximum atomic E-state index is 12.1. The summed E-state index contributed by atoms with van der Waals surface area (Å²) in [7, 11) is 1.64. The molecule has 0 aliphatic carbocycles. The fourth-order valence-corrected chi connectivity index (χ4v) is 2.97. The maximum Gasteiger partial charge on any atom is 0.234 e. The summed E-state index contributed by atoms with van der Waals surface area (Å²) >= 11 is 0. The predicted octanol–water partition coefficient (Wildman–Crippen LogP) is 1.37. The van der Waals surface area contributed by atoms with E-state index in [-0.39, 0.29) is 11.9 Å². The van der Waals surface area contributed by atoms with Gasteiger partial charge in [0.1, 0.15) is 5.75 Å². The van der Waals surface area contributed by atoms with E-state index in [0.717, 1.165) is 37.2 Å². The molecule has 1 aromatic rings. The van der Waals surface area contributed by atoms with Crippen LogP contribution in [-0.4, -0.2) is 43.6 Å². The number of ether oxygens (including phenoxy) is 1. The summed E-state index contributed by atoms with van der Waals surface area (Å²) in [6.07, 6.45) is 2.28. The Kier molecular flexibility index (Phi) is 6.21. The lowest BCUT2D eigenvalue weighted by atomic mass is 9.92. The van der Waals surface area contributed by atoms with E-state index in [0.29, 0.717) is 19.0 Å². The smallest absolute Gasteiger partial charge is 0.234 e. The van der Waals surface area contributed by atoms with Gasteiger partial charge in [0.2, 0.25) is 5.91 Å². The minimum absolute atomic E-state index is 0.0521. The Bertz CT molecular complexity index is 491. The zero-order chi connectivity index (χ0) is 15.9. The topological polar surface area (TPSA) is 67.6 Å². The number of carbonyl (C=O) groups excluding carboxylic acids is 1. The molecule has 0 spiro atoms. The van der Waals surface area contributed by atoms with Crippen LogP contribution in [0.3, 0.4) is 0 Å². The SMILES string of the molecule is COc1ccccc1CNC(=O)CN1CCCC(C(C)N)C1. The van der Waals surface area contributed by atoms with Gasteiger partial charge in [0.25, 0.3) is 0 Å². The molecule has 1 aliphatic heterocycles. The van der Waals surface area contributed by atoms with E-state index >= 15 is 0 Å². The molecule has 0 bridgehead atoms. The Morgan fingerprint density at radius 3 is 3.00 bits per heavy atom. The molecule has 22 heavy (non-hydrogen) atoms. The number of nitrogens with zero attached hydrogens (tertiary/aromatic N) is 1. The molecule has 1 saturated heterocycles. The van der Waals surface area contributed by atoms with Gasteiger partial charge in [0.05, 0.1) is 13.7 Å². The maximum absolute atomic E-state index is 12.1. The first-order valence-corrected chi connectivity index (χ1v) is 7.96. The molecule has 3 N–H and O–H groups in total. The lowest BCUT2D eigenvalue weighted by Gasteiger charge is -2.34. The van der Waals surface area contributed by atoms with E-state index in [4.69, 9.17) is 10.5 Å². The van der Waals surface area contributed by atoms with Gasteiger partial charge in [0, 0.05) is 24.7 Å². The highest BCUT2D eigenvalue weighted by molar-refractivity contribution is 5.78. The Balaban J connectivity index is 1.80. The molecule has 122 valence electrons. The number of piperidine rings is 1. The van der Waals surface area contributed by atoms with Gasteiger partial charge in [0.15, 0.2) is 0 Å². The van der Waals surface area contributed by atoms with Crippen molar-refractivity contribution in [3.8, 4) is 5.75 Å². The normalized spacial score (nSPS) is 20.4. The summed E-state index contributed by atoms with van der Waals surface area (Å²) in [6, 6.07) is 7.93. The average molecular weight is 305 g/mol. The number of likely N-dealkylation sites (tertiary alicyclic amines) is 1. The number of carbonyl (C=O) groups is 1. The van der Waals surface area contributed by atoms with Crippen LogP contribution in [0.15, 0.2) is 24.3 Å². The molecule has 5 heteroatoms. The first-order chi connectivity index (χ1) is 10.6. The van der Waals surface area contributed by atoms with Crippen molar-refractivity contribution in [2.24, 2.45) is 11.7 Å². The number of nitrogens with one attached hydrogen (secondary N) is 1. The van der Waals surface area contributed by atoms with Crippen LogP contribution in [0.2, 0.25) is 0 Å². The third-order valence-corrected chi connectivity index (χ3v) is 4.32. The van der Waals surface area contributed by atoms with Crippen LogP contribution in [0.1, 0.15) is 25.3 Å². The molecule has 1 fully saturated rings. The summed E-state index contributed by atoms with van der Waals surface area (Å²) in [6.45, 7) is 4.88. The van der Waals surface area contributed by atoms with E-state index in [1.165, 1.54) is 0 Å². The minimum atomic E-state index is 0.0521. The second kappa shape index (κ2) is 8.15. The van der Waals surface area contributed by atoms with E-state index in [1.807, 2.05) is 24.3 Å². The number of amides is 1. The van der Waals surface area contributed by atoms with Crippen LogP contribution in [-0.2, 0) is 11.3 Å². The number of hydrogen-bond donors (Lipinski definition) is 2. The number of nitrogens with two attached hydrogens (primary N) is 1. The molecule has 1 heterocycles. The van der Waals surface area contributed by atoms with Crippen molar-refractivity contribution in [2.45, 2.75) is 32.4 Å². The van der Waals surface area contributed by atoms with Crippen molar-refractivity contribution in [3.63, 3.8) is 0 Å². The molecule has 5 nitrogen and oxygen atoms in total. The van der Waals surface area contributed by atoms with Crippen molar-refractivity contribution in [1.82, 2.24) is 10.2 Å². The highest BCUT2D eigenvalue weighted by atomic mass is 16.5. The first-order valence-electron chi connectivity index (χ1n) is 7.96. The largest absolute Gasteiger partial charge is 0.496 e. The van der Waals surface area contributed by atoms with Gasteiger partial charge >= 0.3 is 0 Å². The number of methoxy groups -OCH3 is 1. The van der Waals surface area contributed by atoms with Crippen LogP contribution in [0, 0.1) is 5.92 Å². The van der Waals surface area contributed by atoms with Gasteiger partial charge in [-0.25, -0.2) is 0 Å². The molecule has 1 amide bonds. The van der Waals surface area contributed by atoms with Gasteiger partial charge in [-0.1, -0.05) is 18.2 Å². The molecule has 1 aliphatic rings. The zero-order valence-corrected chi connectivity index (χ0v) is 13.5. The van der Waals surface area contributed by atoms with Crippen LogP contribution >= 0.6 is 0 Å². The standard InChI is InChI=1S/C17H27N3O2/c1-13(18)15-7-5-9-20(11-15)12-17(21)19-10-14-6-3-4-8-16(14)22-2/h3-4,6,8,13,15H,5,7,9-12,18H2,1-2H3,(H,19,21). The van der Waals surface area contributed by atoms with Crippen LogP contribution in [0.25, 0.3) is 0 Å². The third-order valence-electron chi connectivity index (χ3n) is 4.32. The molecular formula is C17H27N3O2. The van der Waals surface area contributed by atoms with Gasteiger partial charge in [-0.05, 0) is 38.3 Å². The average Bonchev–Trinajstić information content (AvgIpc) is 2.53. The van der Waals surface area contributed by atoms with Crippen molar-refractivity contribution >= 4 is 5.91 Å². The number of rotatable bonds is 6. The van der Waals surface area contributed by atoms with Gasteiger partial charge < -0.3 is 15.8 Å². The van der Waals surface area contributed by atoms with E-state index in [1.54, 1.807) is 7.11 Å². The Labute approximate surface area is 132 Å². The highest BCUT2D eigenvalue weighted by Gasteiger charge is 2.23. The van der Waals surface area contributed by atoms with Crippen molar-refractivity contribution in [2.75, 3.05) is 26.7 Å². The molecular weight excluding hydrogens is 278 g/mol. The summed E-state index contributed by atoms with van der Waals surface area (Å²) < 4.78 is 5.29. The zero-order valence-electron chi connectivity index (χ0n) is 13.5. The predicted molar refractivity (Wildman–Crippen MR) is 87.7 cm³/mol. The number of hydrogen-bond acceptors (Lipinski definition) is 4. The summed E-state index contributed by atoms with van der Waals surface area (Å²) in [5.41, 5.74) is 6.98. The lowest BCUT2D eigenvalue weighted by molar-refractivity contribution is -0.122. The van der Waals surface area contributed by atoms with Crippen LogP contribution in [0.5, 0.6) is 5.75 Å². The summed E-state index contributed by atoms with van der Waals surface area (Å²) in [5, 5.41) is 2.97. The first kappa shape index (κ1) is 16.8. The van der Waals surface area contributed by atoms with Crippen LogP contribution in [0.4, 0.5) is 0 Å². The van der Waals surface area contributed by atoms with Gasteiger partial charge in [-0.3, -0.25) is 9.69 Å². The van der Waals surface area contributed by atoms with Gasteiger partial charge in [-0.2, -0.15) is 0 Å². The van der Waals surface area contributed by atoms with Crippen molar-refractivity contribution in [1.29, 1.82) is 0 Å². The lowest BCUT2D eigenvalue weighted by Crippen LogP contribution is -2.46. The fraction of sp³-hybridized carbons (Fsp3) is 0.588. The van der Waals surface area contributed by atoms with E-state index < -0.39 is 0 Å². The summed E-state index contributed by atoms with van der Waals surface area (Å²) in [5.74, 6) is 1.35. The van der Waals surface area contributed by atoms with Crippen molar-refractivity contribution < 1.29 is 9.53 Å². The molecule has 2 rings (SSSR count). The van der Waals surface area contributed by atoms with Gasteiger partial charge in [-0.15, -0.1) is 0 Å². The minimum Gasteiger partial charge on any atom is -0.496 e. The number of para-hydroxylation sites is 1. The van der Waals surface area contributed by atoms with E-state index in [9.17, 15) is 4.79 Å². The number of benzene rings is 1. The molecule has 0 radical (unpaired) electrons.